The molecule has 0 saturated carbocycles. The van der Waals surface area contributed by atoms with Gasteiger partial charge in [-0.3, -0.25) is 0 Å². The van der Waals surface area contributed by atoms with Crippen LogP contribution in [0.3, 0.4) is 0 Å². The summed E-state index contributed by atoms with van der Waals surface area (Å²) in [5, 5.41) is 9.11. The van der Waals surface area contributed by atoms with E-state index in [0.29, 0.717) is 5.82 Å². The minimum absolute atomic E-state index is 0.632. The fourth-order valence-electron chi connectivity index (χ4n) is 0.552. The van der Waals surface area contributed by atoms with Crippen LogP contribution in [-0.4, -0.2) is 29.3 Å². The maximum atomic E-state index is 4.02. The highest BCUT2D eigenvalue weighted by Gasteiger charge is 1.93. The van der Waals surface area contributed by atoms with Crippen molar-refractivity contribution in [2.45, 2.75) is 0 Å². The first-order chi connectivity index (χ1) is 4.79. The van der Waals surface area contributed by atoms with Crippen LogP contribution in [0.5, 0.6) is 0 Å². The molecule has 4 nitrogen and oxygen atoms in total. The van der Waals surface area contributed by atoms with Gasteiger partial charge in [-0.2, -0.15) is 10.5 Å². The standard InChI is InChI=1S/C6H9N4/c1-10(2)9-6-4-3-5-7-8-6/h3-5H,1-2H3. The molecule has 1 heterocycles. The van der Waals surface area contributed by atoms with Crippen molar-refractivity contribution in [3.05, 3.63) is 18.3 Å². The van der Waals surface area contributed by atoms with Gasteiger partial charge in [0.2, 0.25) is 0 Å². The Hall–Kier alpha value is -1.16. The summed E-state index contributed by atoms with van der Waals surface area (Å²) in [5.74, 6) is 0.632. The highest BCUT2D eigenvalue weighted by atomic mass is 15.5. The number of hydrogen-bond donors (Lipinski definition) is 0. The van der Waals surface area contributed by atoms with E-state index in [4.69, 9.17) is 0 Å². The first-order valence-electron chi connectivity index (χ1n) is 2.96. The second-order valence-electron chi connectivity index (χ2n) is 2.03. The maximum absolute atomic E-state index is 4.02. The highest BCUT2D eigenvalue weighted by molar-refractivity contribution is 5.20. The van der Waals surface area contributed by atoms with Gasteiger partial charge in [0.15, 0.2) is 5.82 Å². The molecule has 0 bridgehead atoms. The van der Waals surface area contributed by atoms with E-state index in [9.17, 15) is 0 Å². The van der Waals surface area contributed by atoms with Gasteiger partial charge in [0, 0.05) is 20.3 Å². The zero-order valence-corrected chi connectivity index (χ0v) is 6.02. The van der Waals surface area contributed by atoms with Crippen LogP contribution in [0.4, 0.5) is 5.82 Å². The summed E-state index contributed by atoms with van der Waals surface area (Å²) in [7, 11) is 3.68. The van der Waals surface area contributed by atoms with Gasteiger partial charge in [-0.05, 0) is 12.1 Å². The minimum Gasteiger partial charge on any atom is -0.205 e. The van der Waals surface area contributed by atoms with Crippen LogP contribution in [0.1, 0.15) is 0 Å². The monoisotopic (exact) mass is 137 g/mol. The summed E-state index contributed by atoms with van der Waals surface area (Å²) >= 11 is 0. The summed E-state index contributed by atoms with van der Waals surface area (Å²) in [6.07, 6.45) is 1.62. The molecule has 0 saturated heterocycles. The smallest absolute Gasteiger partial charge is 0.188 e. The highest BCUT2D eigenvalue weighted by Crippen LogP contribution is 1.96. The Labute approximate surface area is 59.8 Å². The fourth-order valence-corrected chi connectivity index (χ4v) is 0.552. The predicted octanol–water partition coefficient (Wildman–Crippen LogP) is 0.189. The molecule has 0 aliphatic carbocycles. The normalized spacial score (nSPS) is 9.90. The molecule has 1 rings (SSSR count). The van der Waals surface area contributed by atoms with Gasteiger partial charge in [-0.15, -0.1) is 5.10 Å². The van der Waals surface area contributed by atoms with Crippen molar-refractivity contribution in [1.82, 2.24) is 20.6 Å². The molecule has 0 aliphatic heterocycles. The molecule has 10 heavy (non-hydrogen) atoms. The number of rotatable bonds is 2. The third-order valence-corrected chi connectivity index (χ3v) is 0.861. The molecule has 0 atom stereocenters. The van der Waals surface area contributed by atoms with E-state index < -0.39 is 0 Å². The first-order valence-corrected chi connectivity index (χ1v) is 2.96. The van der Waals surface area contributed by atoms with E-state index in [1.54, 1.807) is 23.3 Å². The van der Waals surface area contributed by atoms with Crippen molar-refractivity contribution in [1.29, 1.82) is 0 Å². The van der Waals surface area contributed by atoms with Crippen molar-refractivity contribution in [3.63, 3.8) is 0 Å². The predicted molar refractivity (Wildman–Crippen MR) is 37.5 cm³/mol. The summed E-state index contributed by atoms with van der Waals surface area (Å²) in [4.78, 5) is 0. The zero-order valence-electron chi connectivity index (χ0n) is 6.02. The van der Waals surface area contributed by atoms with Crippen molar-refractivity contribution >= 4 is 5.82 Å². The number of nitrogens with zero attached hydrogens (tertiary/aromatic N) is 4. The average molecular weight is 137 g/mol. The van der Waals surface area contributed by atoms with Crippen LogP contribution in [-0.2, 0) is 0 Å². The molecule has 53 valence electrons. The molecule has 1 aromatic heterocycles. The topological polar surface area (TPSA) is 43.1 Å². The maximum Gasteiger partial charge on any atom is 0.188 e. The molecular weight excluding hydrogens is 128 g/mol. The molecule has 0 aromatic carbocycles. The van der Waals surface area contributed by atoms with Crippen molar-refractivity contribution in [2.75, 3.05) is 14.1 Å². The van der Waals surface area contributed by atoms with Gasteiger partial charge in [0.05, 0.1) is 0 Å². The van der Waals surface area contributed by atoms with E-state index >= 15 is 0 Å². The van der Waals surface area contributed by atoms with Crippen LogP contribution >= 0.6 is 0 Å². The first kappa shape index (κ1) is 6.95. The van der Waals surface area contributed by atoms with Crippen molar-refractivity contribution in [2.24, 2.45) is 0 Å². The Kier molecular flexibility index (Phi) is 2.17. The van der Waals surface area contributed by atoms with Crippen LogP contribution in [0, 0.1) is 0 Å². The van der Waals surface area contributed by atoms with Crippen molar-refractivity contribution < 1.29 is 0 Å². The molecule has 0 fully saturated rings. The van der Waals surface area contributed by atoms with Crippen LogP contribution < -0.4 is 5.43 Å². The molecule has 0 unspecified atom stereocenters. The lowest BCUT2D eigenvalue weighted by Gasteiger charge is -2.05. The van der Waals surface area contributed by atoms with E-state index in [-0.39, 0.29) is 0 Å². The van der Waals surface area contributed by atoms with Gasteiger partial charge in [-0.25, -0.2) is 5.01 Å². The summed E-state index contributed by atoms with van der Waals surface area (Å²) in [6.45, 7) is 0. The summed E-state index contributed by atoms with van der Waals surface area (Å²) in [5.41, 5.74) is 4.02. The third kappa shape index (κ3) is 1.99. The largest absolute Gasteiger partial charge is 0.205 e. The average Bonchev–Trinajstić information content (AvgIpc) is 1.88. The SMILES string of the molecule is CN(C)[N]c1cccnn1. The second-order valence-corrected chi connectivity index (χ2v) is 2.03. The van der Waals surface area contributed by atoms with Gasteiger partial charge in [-0.1, -0.05) is 0 Å². The van der Waals surface area contributed by atoms with E-state index in [0.717, 1.165) is 0 Å². The van der Waals surface area contributed by atoms with E-state index in [1.807, 2.05) is 14.1 Å². The third-order valence-electron chi connectivity index (χ3n) is 0.861. The molecule has 1 aromatic rings. The quantitative estimate of drug-likeness (QED) is 0.546. The minimum atomic E-state index is 0.632. The lowest BCUT2D eigenvalue weighted by molar-refractivity contribution is 0.334. The number of hydrogen-bond acceptors (Lipinski definition) is 3. The van der Waals surface area contributed by atoms with Crippen LogP contribution in [0.15, 0.2) is 18.3 Å². The molecular formula is C6H9N4. The Morgan fingerprint density at radius 2 is 2.30 bits per heavy atom. The fraction of sp³-hybridized carbons (Fsp3) is 0.333. The Bertz CT molecular complexity index is 184. The van der Waals surface area contributed by atoms with E-state index in [2.05, 4.69) is 15.6 Å². The molecule has 0 N–H and O–H groups in total. The summed E-state index contributed by atoms with van der Waals surface area (Å²) < 4.78 is 0. The Balaban J connectivity index is 2.59. The lowest BCUT2D eigenvalue weighted by Crippen LogP contribution is -2.19. The molecule has 4 heteroatoms. The summed E-state index contributed by atoms with van der Waals surface area (Å²) in [6, 6.07) is 3.60. The van der Waals surface area contributed by atoms with Gasteiger partial charge in [0.1, 0.15) is 0 Å². The van der Waals surface area contributed by atoms with Gasteiger partial charge in [0.25, 0.3) is 0 Å². The van der Waals surface area contributed by atoms with E-state index in [1.165, 1.54) is 0 Å². The Morgan fingerprint density at radius 1 is 1.50 bits per heavy atom. The Morgan fingerprint density at radius 3 is 2.80 bits per heavy atom. The molecule has 0 spiro atoms. The molecule has 0 aliphatic rings. The molecule has 0 amide bonds. The second kappa shape index (κ2) is 3.12. The van der Waals surface area contributed by atoms with Gasteiger partial charge >= 0.3 is 0 Å². The molecule has 1 radical (unpaired) electrons. The van der Waals surface area contributed by atoms with Crippen LogP contribution in [0.2, 0.25) is 0 Å². The van der Waals surface area contributed by atoms with Crippen molar-refractivity contribution in [3.8, 4) is 0 Å². The zero-order chi connectivity index (χ0) is 7.40. The van der Waals surface area contributed by atoms with Gasteiger partial charge < -0.3 is 0 Å². The van der Waals surface area contributed by atoms with Crippen LogP contribution in [0.25, 0.3) is 0 Å². The number of aromatic nitrogens is 2. The lowest BCUT2D eigenvalue weighted by atomic mass is 10.5.